The van der Waals surface area contributed by atoms with Crippen LogP contribution in [-0.4, -0.2) is 49.2 Å². The fourth-order valence-electron chi connectivity index (χ4n) is 2.65. The zero-order chi connectivity index (χ0) is 14.5. The van der Waals surface area contributed by atoms with Gasteiger partial charge in [-0.25, -0.2) is 0 Å². The molecular formula is C16H30N2O2. The molecule has 0 aromatic rings. The van der Waals surface area contributed by atoms with Crippen LogP contribution in [0.1, 0.15) is 46.5 Å². The van der Waals surface area contributed by atoms with Crippen molar-refractivity contribution in [2.75, 3.05) is 26.2 Å². The summed E-state index contributed by atoms with van der Waals surface area (Å²) in [5.41, 5.74) is 0. The Morgan fingerprint density at radius 3 is 2.15 bits per heavy atom. The summed E-state index contributed by atoms with van der Waals surface area (Å²) in [6.45, 7) is 9.61. The summed E-state index contributed by atoms with van der Waals surface area (Å²) in [6.07, 6.45) is 5.46. The molecule has 1 N–H and O–H groups in total. The first-order chi connectivity index (χ1) is 9.58. The third kappa shape index (κ3) is 5.80. The molecular weight excluding hydrogens is 252 g/mol. The number of hydrogen-bond donors (Lipinski definition) is 1. The van der Waals surface area contributed by atoms with Crippen molar-refractivity contribution in [1.82, 2.24) is 10.2 Å². The van der Waals surface area contributed by atoms with Crippen LogP contribution in [0, 0.1) is 11.8 Å². The second kappa shape index (κ2) is 7.41. The van der Waals surface area contributed by atoms with E-state index in [1.165, 1.54) is 25.7 Å². The molecule has 4 heteroatoms. The molecule has 0 heterocycles. The molecule has 2 rings (SSSR count). The minimum absolute atomic E-state index is 0.0993. The molecule has 0 radical (unpaired) electrons. The number of hydrogen-bond acceptors (Lipinski definition) is 4. The molecule has 1 atom stereocenters. The zero-order valence-electron chi connectivity index (χ0n) is 13.2. The molecule has 2 fully saturated rings. The maximum Gasteiger partial charge on any atom is 0.324 e. The minimum Gasteiger partial charge on any atom is -0.465 e. The van der Waals surface area contributed by atoms with E-state index in [-0.39, 0.29) is 12.0 Å². The van der Waals surface area contributed by atoms with Gasteiger partial charge in [0.1, 0.15) is 6.04 Å². The van der Waals surface area contributed by atoms with Crippen molar-refractivity contribution in [3.63, 3.8) is 0 Å². The van der Waals surface area contributed by atoms with Gasteiger partial charge < -0.3 is 15.0 Å². The molecule has 0 spiro atoms. The number of nitrogens with one attached hydrogen (secondary N) is 1. The molecule has 0 aliphatic heterocycles. The average Bonchev–Trinajstić information content (AvgIpc) is 3.23. The molecule has 0 amide bonds. The van der Waals surface area contributed by atoms with Gasteiger partial charge in [0.2, 0.25) is 0 Å². The molecule has 0 bridgehead atoms. The smallest absolute Gasteiger partial charge is 0.324 e. The Morgan fingerprint density at radius 2 is 1.75 bits per heavy atom. The van der Waals surface area contributed by atoms with Gasteiger partial charge in [-0.1, -0.05) is 13.8 Å². The maximum atomic E-state index is 12.1. The molecule has 0 aromatic carbocycles. The van der Waals surface area contributed by atoms with Gasteiger partial charge in [0.05, 0.1) is 6.61 Å². The van der Waals surface area contributed by atoms with E-state index in [2.05, 4.69) is 24.1 Å². The van der Waals surface area contributed by atoms with Gasteiger partial charge in [0, 0.05) is 25.7 Å². The van der Waals surface area contributed by atoms with Crippen molar-refractivity contribution >= 4 is 5.97 Å². The van der Waals surface area contributed by atoms with Crippen molar-refractivity contribution in [1.29, 1.82) is 0 Å². The Labute approximate surface area is 123 Å². The number of carbonyl (C=O) groups excluding carboxylic acids is 1. The summed E-state index contributed by atoms with van der Waals surface area (Å²) < 4.78 is 5.22. The molecule has 0 saturated heterocycles. The maximum absolute atomic E-state index is 12.1. The quantitative estimate of drug-likeness (QED) is 0.623. The van der Waals surface area contributed by atoms with E-state index in [9.17, 15) is 4.79 Å². The Balaban J connectivity index is 1.87. The van der Waals surface area contributed by atoms with Crippen LogP contribution in [0.4, 0.5) is 0 Å². The van der Waals surface area contributed by atoms with E-state index < -0.39 is 0 Å². The van der Waals surface area contributed by atoms with Gasteiger partial charge in [0.15, 0.2) is 0 Å². The Bertz CT molecular complexity index is 298. The van der Waals surface area contributed by atoms with Gasteiger partial charge >= 0.3 is 5.97 Å². The van der Waals surface area contributed by atoms with E-state index in [0.29, 0.717) is 12.6 Å². The Kier molecular flexibility index (Phi) is 5.85. The third-order valence-corrected chi connectivity index (χ3v) is 3.97. The highest BCUT2D eigenvalue weighted by Gasteiger charge is 2.32. The topological polar surface area (TPSA) is 41.6 Å². The fourth-order valence-corrected chi connectivity index (χ4v) is 2.65. The second-order valence-corrected chi connectivity index (χ2v) is 6.73. The minimum atomic E-state index is -0.188. The van der Waals surface area contributed by atoms with E-state index >= 15 is 0 Å². The molecule has 2 aliphatic rings. The normalized spacial score (nSPS) is 20.4. The van der Waals surface area contributed by atoms with Gasteiger partial charge in [-0.15, -0.1) is 0 Å². The lowest BCUT2D eigenvalue weighted by atomic mass is 10.2. The lowest BCUT2D eigenvalue weighted by Gasteiger charge is -2.28. The van der Waals surface area contributed by atoms with Crippen molar-refractivity contribution in [3.05, 3.63) is 0 Å². The number of carbonyl (C=O) groups is 1. The van der Waals surface area contributed by atoms with E-state index in [1.54, 1.807) is 0 Å². The summed E-state index contributed by atoms with van der Waals surface area (Å²) in [6, 6.07) is 0.112. The molecule has 116 valence electrons. The monoisotopic (exact) mass is 282 g/mol. The van der Waals surface area contributed by atoms with E-state index in [1.807, 2.05) is 6.92 Å². The molecule has 20 heavy (non-hydrogen) atoms. The average molecular weight is 282 g/mol. The Morgan fingerprint density at radius 1 is 1.20 bits per heavy atom. The number of ether oxygens (including phenoxy) is 1. The van der Waals surface area contributed by atoms with Gasteiger partial charge in [-0.05, 0) is 44.4 Å². The van der Waals surface area contributed by atoms with Crippen LogP contribution >= 0.6 is 0 Å². The first-order valence-corrected chi connectivity index (χ1v) is 8.23. The second-order valence-electron chi connectivity index (χ2n) is 6.73. The van der Waals surface area contributed by atoms with E-state index in [0.717, 1.165) is 31.5 Å². The SMILES string of the molecule is CCOC(=O)C(CN(CC1CC1)CC1CC1)NC(C)C. The fraction of sp³-hybridized carbons (Fsp3) is 0.938. The molecule has 4 nitrogen and oxygen atoms in total. The van der Waals surface area contributed by atoms with Crippen LogP contribution in [0.15, 0.2) is 0 Å². The van der Waals surface area contributed by atoms with Crippen LogP contribution < -0.4 is 5.32 Å². The van der Waals surface area contributed by atoms with Crippen LogP contribution in [0.5, 0.6) is 0 Å². The number of nitrogens with zero attached hydrogens (tertiary/aromatic N) is 1. The summed E-state index contributed by atoms with van der Waals surface area (Å²) in [5.74, 6) is 1.64. The third-order valence-electron chi connectivity index (χ3n) is 3.97. The summed E-state index contributed by atoms with van der Waals surface area (Å²) in [4.78, 5) is 14.6. The standard InChI is InChI=1S/C16H30N2O2/c1-4-20-16(19)15(17-12(2)3)11-18(9-13-5-6-13)10-14-7-8-14/h12-15,17H,4-11H2,1-3H3. The van der Waals surface area contributed by atoms with Gasteiger partial charge in [-0.3, -0.25) is 4.79 Å². The highest BCUT2D eigenvalue weighted by atomic mass is 16.5. The predicted molar refractivity (Wildman–Crippen MR) is 80.6 cm³/mol. The van der Waals surface area contributed by atoms with Crippen molar-refractivity contribution in [2.24, 2.45) is 11.8 Å². The predicted octanol–water partition coefficient (Wildman–Crippen LogP) is 2.04. The number of rotatable bonds is 10. The lowest BCUT2D eigenvalue weighted by Crippen LogP contribution is -2.50. The Hall–Kier alpha value is -0.610. The van der Waals surface area contributed by atoms with Crippen molar-refractivity contribution in [3.8, 4) is 0 Å². The first kappa shape index (κ1) is 15.8. The largest absolute Gasteiger partial charge is 0.465 e. The first-order valence-electron chi connectivity index (χ1n) is 8.23. The van der Waals surface area contributed by atoms with Crippen molar-refractivity contribution in [2.45, 2.75) is 58.5 Å². The van der Waals surface area contributed by atoms with E-state index in [4.69, 9.17) is 4.74 Å². The molecule has 1 unspecified atom stereocenters. The summed E-state index contributed by atoms with van der Waals surface area (Å²) >= 11 is 0. The molecule has 2 saturated carbocycles. The molecule has 0 aromatic heterocycles. The van der Waals surface area contributed by atoms with Crippen LogP contribution in [0.3, 0.4) is 0 Å². The van der Waals surface area contributed by atoms with Crippen LogP contribution in [0.25, 0.3) is 0 Å². The van der Waals surface area contributed by atoms with Crippen LogP contribution in [-0.2, 0) is 9.53 Å². The van der Waals surface area contributed by atoms with Crippen LogP contribution in [0.2, 0.25) is 0 Å². The number of esters is 1. The zero-order valence-corrected chi connectivity index (χ0v) is 13.2. The lowest BCUT2D eigenvalue weighted by molar-refractivity contribution is -0.146. The summed E-state index contributed by atoms with van der Waals surface area (Å²) in [7, 11) is 0. The van der Waals surface area contributed by atoms with Gasteiger partial charge in [0.25, 0.3) is 0 Å². The highest BCUT2D eigenvalue weighted by Crippen LogP contribution is 2.33. The van der Waals surface area contributed by atoms with Crippen molar-refractivity contribution < 1.29 is 9.53 Å². The molecule has 2 aliphatic carbocycles. The summed E-state index contributed by atoms with van der Waals surface area (Å²) in [5, 5.41) is 3.37. The highest BCUT2D eigenvalue weighted by molar-refractivity contribution is 5.76. The van der Waals surface area contributed by atoms with Gasteiger partial charge in [-0.2, -0.15) is 0 Å².